The van der Waals surface area contributed by atoms with E-state index in [1.54, 1.807) is 26.6 Å². The Hall–Kier alpha value is -5.08. The molecule has 0 bridgehead atoms. The zero-order valence-corrected chi connectivity index (χ0v) is 30.1. The van der Waals surface area contributed by atoms with Crippen LogP contribution in [0.2, 0.25) is 0 Å². The van der Waals surface area contributed by atoms with E-state index < -0.39 is 0 Å². The number of anilines is 4. The highest BCUT2D eigenvalue weighted by molar-refractivity contribution is 5.86. The van der Waals surface area contributed by atoms with Gasteiger partial charge in [-0.1, -0.05) is 39.5 Å². The molecule has 0 fully saturated rings. The van der Waals surface area contributed by atoms with Crippen LogP contribution in [-0.2, 0) is 6.54 Å². The lowest BCUT2D eigenvalue weighted by Crippen LogP contribution is -2.22. The predicted molar refractivity (Wildman–Crippen MR) is 203 cm³/mol. The molecule has 14 nitrogen and oxygen atoms in total. The van der Waals surface area contributed by atoms with E-state index in [2.05, 4.69) is 54.7 Å². The molecule has 4 heterocycles. The number of hydrogen-bond acceptors (Lipinski definition) is 14. The monoisotopic (exact) mass is 700 g/mol. The maximum Gasteiger partial charge on any atom is 0.225 e. The summed E-state index contributed by atoms with van der Waals surface area (Å²) in [5.74, 6) is 3.51. The van der Waals surface area contributed by atoms with Crippen molar-refractivity contribution >= 4 is 45.6 Å². The van der Waals surface area contributed by atoms with Gasteiger partial charge in [-0.05, 0) is 62.1 Å². The van der Waals surface area contributed by atoms with Crippen molar-refractivity contribution in [1.82, 2.24) is 29.9 Å². The van der Waals surface area contributed by atoms with Crippen LogP contribution in [0.1, 0.15) is 70.8 Å². The van der Waals surface area contributed by atoms with Crippen molar-refractivity contribution in [3.63, 3.8) is 0 Å². The smallest absolute Gasteiger partial charge is 0.225 e. The number of nitrogens with one attached hydrogen (secondary N) is 3. The molecule has 4 aromatic heterocycles. The maximum atomic E-state index is 9.46. The first-order valence-corrected chi connectivity index (χ1v) is 17.6. The summed E-state index contributed by atoms with van der Waals surface area (Å²) in [6.45, 7) is 5.07. The Morgan fingerprint density at radius 2 is 1.31 bits per heavy atom. The molecule has 0 spiro atoms. The molecule has 5 aromatic rings. The first kappa shape index (κ1) is 38.7. The summed E-state index contributed by atoms with van der Waals surface area (Å²) in [4.78, 5) is 26.5. The Bertz CT molecular complexity index is 1790. The van der Waals surface area contributed by atoms with Gasteiger partial charge in [-0.2, -0.15) is 9.97 Å². The molecule has 51 heavy (non-hydrogen) atoms. The van der Waals surface area contributed by atoms with E-state index in [9.17, 15) is 5.11 Å². The lowest BCUT2D eigenvalue weighted by atomic mass is 10.1. The van der Waals surface area contributed by atoms with E-state index in [0.717, 1.165) is 72.1 Å². The lowest BCUT2D eigenvalue weighted by molar-refractivity contribution is 0.275. The number of ether oxygens (including phenoxy) is 2. The fraction of sp³-hybridized carbons (Fsp3) is 0.459. The average molecular weight is 701 g/mol. The van der Waals surface area contributed by atoms with Crippen molar-refractivity contribution in [3.8, 4) is 11.5 Å². The summed E-state index contributed by atoms with van der Waals surface area (Å²) >= 11 is 0. The fourth-order valence-electron chi connectivity index (χ4n) is 5.58. The van der Waals surface area contributed by atoms with Crippen molar-refractivity contribution in [2.45, 2.75) is 83.8 Å². The van der Waals surface area contributed by atoms with Gasteiger partial charge in [-0.15, -0.1) is 0 Å². The highest BCUT2D eigenvalue weighted by Gasteiger charge is 2.15. The third-order valence-electron chi connectivity index (χ3n) is 8.31. The second kappa shape index (κ2) is 20.6. The van der Waals surface area contributed by atoms with Gasteiger partial charge in [0.2, 0.25) is 11.9 Å². The maximum absolute atomic E-state index is 9.46. The third-order valence-corrected chi connectivity index (χ3v) is 8.31. The second-order valence-corrected chi connectivity index (χ2v) is 12.1. The van der Waals surface area contributed by atoms with E-state index in [-0.39, 0.29) is 31.2 Å². The number of nitrogen functional groups attached to an aromatic ring is 1. The van der Waals surface area contributed by atoms with Crippen LogP contribution in [0.3, 0.4) is 0 Å². The minimum Gasteiger partial charge on any atom is -0.497 e. The van der Waals surface area contributed by atoms with Crippen molar-refractivity contribution in [2.75, 3.05) is 49.1 Å². The van der Waals surface area contributed by atoms with E-state index in [0.29, 0.717) is 42.5 Å². The number of fused-ring (bicyclic) bond motifs is 2. The van der Waals surface area contributed by atoms with Crippen LogP contribution in [0.4, 0.5) is 23.5 Å². The first-order chi connectivity index (χ1) is 24.9. The molecular weight excluding hydrogens is 648 g/mol. The first-order valence-electron chi connectivity index (χ1n) is 17.6. The van der Waals surface area contributed by atoms with Gasteiger partial charge in [0.05, 0.1) is 25.3 Å². The molecule has 5 rings (SSSR count). The normalized spacial score (nSPS) is 12.1. The van der Waals surface area contributed by atoms with E-state index in [1.807, 2.05) is 42.5 Å². The minimum absolute atomic E-state index is 0.125. The Morgan fingerprint density at radius 3 is 1.86 bits per heavy atom. The molecule has 2 atom stereocenters. The minimum atomic E-state index is 0.125. The summed E-state index contributed by atoms with van der Waals surface area (Å²) in [5.41, 5.74) is 9.60. The number of unbranched alkanes of at least 4 members (excludes halogenated alkanes) is 2. The van der Waals surface area contributed by atoms with Crippen LogP contribution >= 0.6 is 0 Å². The van der Waals surface area contributed by atoms with Crippen LogP contribution in [0, 0.1) is 0 Å². The predicted octanol–water partition coefficient (Wildman–Crippen LogP) is 5.97. The van der Waals surface area contributed by atoms with Gasteiger partial charge in [-0.3, -0.25) is 9.97 Å². The van der Waals surface area contributed by atoms with E-state index in [1.165, 1.54) is 0 Å². The number of rotatable bonds is 19. The SMILES string of the molecule is CCCC[C@H](CCO)Nc1nc(N)nc2cccnc12.CCCC[C@H](CCO)Nc1nc(NCc2ccc(OC)cc2OC)nc2cccnc12. The Balaban J connectivity index is 0.000000251. The third kappa shape index (κ3) is 11.5. The van der Waals surface area contributed by atoms with E-state index >= 15 is 0 Å². The van der Waals surface area contributed by atoms with E-state index in [4.69, 9.17) is 25.3 Å². The Kier molecular flexibility index (Phi) is 15.6. The molecular formula is C37H52N10O4. The summed E-state index contributed by atoms with van der Waals surface area (Å²) in [5, 5.41) is 28.7. The highest BCUT2D eigenvalue weighted by atomic mass is 16.5. The largest absolute Gasteiger partial charge is 0.497 e. The lowest BCUT2D eigenvalue weighted by Gasteiger charge is -2.19. The number of aliphatic hydroxyl groups is 2. The molecule has 0 aliphatic heterocycles. The molecule has 7 N–H and O–H groups in total. The Labute approximate surface area is 299 Å². The second-order valence-electron chi connectivity index (χ2n) is 12.1. The number of benzene rings is 1. The molecule has 0 saturated heterocycles. The fourth-order valence-corrected chi connectivity index (χ4v) is 5.58. The molecule has 274 valence electrons. The molecule has 14 heteroatoms. The summed E-state index contributed by atoms with van der Waals surface area (Å²) in [7, 11) is 3.26. The van der Waals surface area contributed by atoms with Gasteiger partial charge in [0.1, 0.15) is 22.5 Å². The van der Waals surface area contributed by atoms with Crippen LogP contribution in [0.15, 0.2) is 54.9 Å². The van der Waals surface area contributed by atoms with Gasteiger partial charge in [0, 0.05) is 55.9 Å². The summed E-state index contributed by atoms with van der Waals surface area (Å²) in [6, 6.07) is 13.4. The van der Waals surface area contributed by atoms with Crippen molar-refractivity contribution in [1.29, 1.82) is 0 Å². The zero-order valence-electron chi connectivity index (χ0n) is 30.1. The van der Waals surface area contributed by atoms with Gasteiger partial charge in [-0.25, -0.2) is 9.97 Å². The van der Waals surface area contributed by atoms with Crippen LogP contribution in [0.5, 0.6) is 11.5 Å². The number of nitrogens with zero attached hydrogens (tertiary/aromatic N) is 6. The molecule has 0 radical (unpaired) electrons. The molecule has 0 unspecified atom stereocenters. The van der Waals surface area contributed by atoms with Gasteiger partial charge < -0.3 is 41.4 Å². The molecule has 0 amide bonds. The highest BCUT2D eigenvalue weighted by Crippen LogP contribution is 2.27. The number of pyridine rings is 2. The average Bonchev–Trinajstić information content (AvgIpc) is 3.15. The van der Waals surface area contributed by atoms with Crippen LogP contribution < -0.4 is 31.2 Å². The molecule has 0 aliphatic rings. The number of hydrogen-bond donors (Lipinski definition) is 6. The number of nitrogens with two attached hydrogens (primary N) is 1. The topological polar surface area (TPSA) is 198 Å². The molecule has 0 saturated carbocycles. The van der Waals surface area contributed by atoms with Gasteiger partial charge in [0.15, 0.2) is 11.6 Å². The molecule has 1 aromatic carbocycles. The Morgan fingerprint density at radius 1 is 0.725 bits per heavy atom. The number of aromatic nitrogens is 6. The summed E-state index contributed by atoms with van der Waals surface area (Å²) in [6.07, 6.45) is 11.1. The van der Waals surface area contributed by atoms with Crippen LogP contribution in [0.25, 0.3) is 22.1 Å². The summed E-state index contributed by atoms with van der Waals surface area (Å²) < 4.78 is 10.7. The molecule has 0 aliphatic carbocycles. The van der Waals surface area contributed by atoms with Crippen molar-refractivity contribution in [3.05, 3.63) is 60.4 Å². The standard InChI is InChI=1S/C23H31N5O3.C14H21N5O/c1-4-5-7-17(11-13-29)26-22-21-19(8-6-12-24-21)27-23(28-22)25-15-16-9-10-18(30-2)14-20(16)31-3;1-2-3-5-10(7-9-20)17-13-12-11(6-4-8-16-12)18-14(15)19-13/h6,8-10,12,14,17,29H,4-5,7,11,13,15H2,1-3H3,(H2,25,26,27,28);4,6,8,10,20H,2-3,5,7,9H2,1H3,(H3,15,17,18,19)/t17-;10-/m11/s1. The van der Waals surface area contributed by atoms with Crippen molar-refractivity contribution in [2.24, 2.45) is 0 Å². The number of aliphatic hydroxyl groups excluding tert-OH is 2. The van der Waals surface area contributed by atoms with Gasteiger partial charge in [0.25, 0.3) is 0 Å². The zero-order chi connectivity index (χ0) is 36.4. The van der Waals surface area contributed by atoms with Crippen LogP contribution in [-0.4, -0.2) is 79.6 Å². The van der Waals surface area contributed by atoms with Gasteiger partial charge >= 0.3 is 0 Å². The number of methoxy groups -OCH3 is 2. The van der Waals surface area contributed by atoms with Crippen molar-refractivity contribution < 1.29 is 19.7 Å². The quantitative estimate of drug-likeness (QED) is 0.0589.